The second-order valence-corrected chi connectivity index (χ2v) is 5.26. The van der Waals surface area contributed by atoms with Gasteiger partial charge in [0.2, 0.25) is 0 Å². The average Bonchev–Trinajstić information content (AvgIpc) is 3.00. The first-order valence-electron chi connectivity index (χ1n) is 7.29. The fraction of sp³-hybridized carbons (Fsp3) is 0.375. The Balaban J connectivity index is 1.43. The number of carbonyl (C=O) groups is 1. The Morgan fingerprint density at radius 1 is 1.36 bits per heavy atom. The molecule has 0 aliphatic heterocycles. The quantitative estimate of drug-likeness (QED) is 0.680. The summed E-state index contributed by atoms with van der Waals surface area (Å²) in [6, 6.07) is 6.15. The van der Waals surface area contributed by atoms with Gasteiger partial charge in [0.05, 0.1) is 12.1 Å². The number of nitrogens with zero attached hydrogens (tertiary/aromatic N) is 1. The van der Waals surface area contributed by atoms with E-state index in [1.165, 1.54) is 17.7 Å². The van der Waals surface area contributed by atoms with Crippen molar-refractivity contribution in [2.24, 2.45) is 5.92 Å². The molecule has 2 aromatic rings. The highest BCUT2D eigenvalue weighted by atomic mass is 19.1. The molecule has 6 heteroatoms. The first-order valence-corrected chi connectivity index (χ1v) is 7.29. The van der Waals surface area contributed by atoms with Gasteiger partial charge in [-0.1, -0.05) is 12.1 Å². The van der Waals surface area contributed by atoms with Crippen molar-refractivity contribution in [2.45, 2.75) is 19.3 Å². The van der Waals surface area contributed by atoms with Crippen molar-refractivity contribution in [2.75, 3.05) is 13.2 Å². The summed E-state index contributed by atoms with van der Waals surface area (Å²) in [5.41, 5.74) is 2.18. The number of hydrogen-bond donors (Lipinski definition) is 1. The van der Waals surface area contributed by atoms with Crippen LogP contribution in [0.15, 0.2) is 30.5 Å². The monoisotopic (exact) mass is 304 g/mol. The topological polar surface area (TPSA) is 64.2 Å². The van der Waals surface area contributed by atoms with E-state index >= 15 is 0 Å². The molecule has 0 bridgehead atoms. The summed E-state index contributed by atoms with van der Waals surface area (Å²) in [5, 5.41) is 6.90. The highest BCUT2D eigenvalue weighted by Gasteiger charge is 2.26. The molecule has 0 fully saturated rings. The summed E-state index contributed by atoms with van der Waals surface area (Å²) in [5.74, 6) is -0.648. The zero-order chi connectivity index (χ0) is 15.4. The maximum absolute atomic E-state index is 13.3. The molecule has 1 aliphatic rings. The number of esters is 1. The standard InChI is InChI=1S/C16H17FN2O3/c17-13-3-1-2-4-15(13)21-7-8-22-16(20)11-5-6-12-10-18-19-14(12)9-11/h1-4,10-11H,5-9H2,(H,18,19)/t11-/m0/s1. The minimum Gasteiger partial charge on any atom is -0.487 e. The summed E-state index contributed by atoms with van der Waals surface area (Å²) < 4.78 is 23.8. The van der Waals surface area contributed by atoms with Gasteiger partial charge in [-0.15, -0.1) is 0 Å². The second-order valence-electron chi connectivity index (χ2n) is 5.26. The van der Waals surface area contributed by atoms with Crippen molar-refractivity contribution < 1.29 is 18.7 Å². The van der Waals surface area contributed by atoms with E-state index in [0.29, 0.717) is 6.42 Å². The Labute approximate surface area is 127 Å². The first kappa shape index (κ1) is 14.6. The lowest BCUT2D eigenvalue weighted by atomic mass is 9.88. The van der Waals surface area contributed by atoms with Crippen LogP contribution in [-0.4, -0.2) is 29.4 Å². The van der Waals surface area contributed by atoms with Gasteiger partial charge in [-0.2, -0.15) is 5.10 Å². The molecule has 0 spiro atoms. The molecule has 3 rings (SSSR count). The Morgan fingerprint density at radius 3 is 3.09 bits per heavy atom. The van der Waals surface area contributed by atoms with Crippen LogP contribution in [0.25, 0.3) is 0 Å². The van der Waals surface area contributed by atoms with Crippen molar-refractivity contribution in [1.82, 2.24) is 10.2 Å². The smallest absolute Gasteiger partial charge is 0.309 e. The Hall–Kier alpha value is -2.37. The molecule has 0 amide bonds. The van der Waals surface area contributed by atoms with E-state index in [2.05, 4.69) is 10.2 Å². The Bertz CT molecular complexity index is 656. The van der Waals surface area contributed by atoms with Crippen LogP contribution in [0.4, 0.5) is 4.39 Å². The van der Waals surface area contributed by atoms with Crippen LogP contribution in [0.3, 0.4) is 0 Å². The molecule has 0 radical (unpaired) electrons. The van der Waals surface area contributed by atoms with Gasteiger partial charge in [0.15, 0.2) is 11.6 Å². The van der Waals surface area contributed by atoms with Gasteiger partial charge < -0.3 is 9.47 Å². The molecule has 1 aliphatic carbocycles. The number of nitrogens with one attached hydrogen (secondary N) is 1. The van der Waals surface area contributed by atoms with Crippen LogP contribution in [-0.2, 0) is 22.4 Å². The van der Waals surface area contributed by atoms with Gasteiger partial charge >= 0.3 is 5.97 Å². The van der Waals surface area contributed by atoms with Crippen LogP contribution >= 0.6 is 0 Å². The number of fused-ring (bicyclic) bond motifs is 1. The molecule has 22 heavy (non-hydrogen) atoms. The van der Waals surface area contributed by atoms with Gasteiger partial charge in [-0.05, 0) is 30.5 Å². The van der Waals surface area contributed by atoms with Crippen LogP contribution in [0.1, 0.15) is 17.7 Å². The number of rotatable bonds is 5. The van der Waals surface area contributed by atoms with Crippen molar-refractivity contribution in [1.29, 1.82) is 0 Å². The number of para-hydroxylation sites is 1. The number of benzene rings is 1. The molecule has 1 atom stereocenters. The lowest BCUT2D eigenvalue weighted by Crippen LogP contribution is -2.26. The maximum Gasteiger partial charge on any atom is 0.309 e. The Morgan fingerprint density at radius 2 is 2.23 bits per heavy atom. The lowest BCUT2D eigenvalue weighted by molar-refractivity contribution is -0.149. The van der Waals surface area contributed by atoms with E-state index in [4.69, 9.17) is 9.47 Å². The molecule has 1 aromatic carbocycles. The SMILES string of the molecule is O=C(OCCOc1ccccc1F)[C@H]1CCc2cn[nH]c2C1. The fourth-order valence-corrected chi connectivity index (χ4v) is 2.58. The molecule has 0 unspecified atom stereocenters. The van der Waals surface area contributed by atoms with Crippen LogP contribution < -0.4 is 4.74 Å². The molecular weight excluding hydrogens is 287 g/mol. The third-order valence-corrected chi connectivity index (χ3v) is 3.78. The number of ether oxygens (including phenoxy) is 2. The predicted octanol–water partition coefficient (Wildman–Crippen LogP) is 2.28. The van der Waals surface area contributed by atoms with Gasteiger partial charge in [0.1, 0.15) is 13.2 Å². The third-order valence-electron chi connectivity index (χ3n) is 3.78. The number of carbonyl (C=O) groups excluding carboxylic acids is 1. The zero-order valence-electron chi connectivity index (χ0n) is 12.0. The highest BCUT2D eigenvalue weighted by Crippen LogP contribution is 2.24. The average molecular weight is 304 g/mol. The minimum atomic E-state index is -0.423. The molecular formula is C16H17FN2O3. The summed E-state index contributed by atoms with van der Waals surface area (Å²) in [6.45, 7) is 0.244. The number of hydrogen-bond acceptors (Lipinski definition) is 4. The van der Waals surface area contributed by atoms with Gasteiger partial charge in [-0.3, -0.25) is 9.89 Å². The number of halogens is 1. The summed E-state index contributed by atoms with van der Waals surface area (Å²) in [4.78, 5) is 12.0. The fourth-order valence-electron chi connectivity index (χ4n) is 2.58. The van der Waals surface area contributed by atoms with Crippen LogP contribution in [0, 0.1) is 11.7 Å². The van der Waals surface area contributed by atoms with E-state index in [9.17, 15) is 9.18 Å². The number of H-pyrrole nitrogens is 1. The normalized spacial score (nSPS) is 16.9. The summed E-state index contributed by atoms with van der Waals surface area (Å²) in [6.07, 6.45) is 4.03. The van der Waals surface area contributed by atoms with Gasteiger partial charge in [0.25, 0.3) is 0 Å². The van der Waals surface area contributed by atoms with E-state index in [-0.39, 0.29) is 30.9 Å². The van der Waals surface area contributed by atoms with Crippen LogP contribution in [0.2, 0.25) is 0 Å². The van der Waals surface area contributed by atoms with Gasteiger partial charge in [0, 0.05) is 12.1 Å². The molecule has 1 aromatic heterocycles. The Kier molecular flexibility index (Phi) is 4.37. The van der Waals surface area contributed by atoms with Crippen molar-refractivity contribution >= 4 is 5.97 Å². The number of aryl methyl sites for hydroxylation is 1. The van der Waals surface area contributed by atoms with Gasteiger partial charge in [-0.25, -0.2) is 4.39 Å². The largest absolute Gasteiger partial charge is 0.487 e. The number of aromatic nitrogens is 2. The molecule has 1 N–H and O–H groups in total. The third kappa shape index (κ3) is 3.27. The van der Waals surface area contributed by atoms with E-state index in [1.54, 1.807) is 18.3 Å². The zero-order valence-corrected chi connectivity index (χ0v) is 12.0. The molecule has 1 heterocycles. The molecule has 116 valence electrons. The van der Waals surface area contributed by atoms with Crippen molar-refractivity contribution in [3.63, 3.8) is 0 Å². The van der Waals surface area contributed by atoms with E-state index < -0.39 is 5.82 Å². The summed E-state index contributed by atoms with van der Waals surface area (Å²) in [7, 11) is 0. The van der Waals surface area contributed by atoms with Crippen molar-refractivity contribution in [3.8, 4) is 5.75 Å². The molecule has 5 nitrogen and oxygen atoms in total. The van der Waals surface area contributed by atoms with E-state index in [1.807, 2.05) is 0 Å². The first-order chi connectivity index (χ1) is 10.7. The van der Waals surface area contributed by atoms with Crippen molar-refractivity contribution in [3.05, 3.63) is 47.5 Å². The highest BCUT2D eigenvalue weighted by molar-refractivity contribution is 5.73. The predicted molar refractivity (Wildman–Crippen MR) is 77.0 cm³/mol. The lowest BCUT2D eigenvalue weighted by Gasteiger charge is -2.20. The molecule has 0 saturated carbocycles. The van der Waals surface area contributed by atoms with Crippen LogP contribution in [0.5, 0.6) is 5.75 Å². The maximum atomic E-state index is 13.3. The second kappa shape index (κ2) is 6.60. The molecule has 0 saturated heterocycles. The summed E-state index contributed by atoms with van der Waals surface area (Å²) >= 11 is 0. The minimum absolute atomic E-state index is 0.111. The van der Waals surface area contributed by atoms with E-state index in [0.717, 1.165) is 18.5 Å². The number of aromatic amines is 1.